The van der Waals surface area contributed by atoms with Crippen molar-refractivity contribution in [3.8, 4) is 0 Å². The summed E-state index contributed by atoms with van der Waals surface area (Å²) in [6.45, 7) is 3.37. The van der Waals surface area contributed by atoms with E-state index < -0.39 is 0 Å². The van der Waals surface area contributed by atoms with Crippen LogP contribution < -0.4 is 5.32 Å². The Bertz CT molecular complexity index is 308. The van der Waals surface area contributed by atoms with E-state index in [9.17, 15) is 0 Å². The molecular weight excluding hydrogens is 240 g/mol. The Morgan fingerprint density at radius 1 is 1.57 bits per heavy atom. The molecule has 0 atom stereocenters. The summed E-state index contributed by atoms with van der Waals surface area (Å²) in [6, 6.07) is 3.94. The molecule has 0 bridgehead atoms. The average Bonchev–Trinajstić information content (AvgIpc) is 2.13. The van der Waals surface area contributed by atoms with E-state index in [0.29, 0.717) is 0 Å². The molecule has 14 heavy (non-hydrogen) atoms. The van der Waals surface area contributed by atoms with E-state index in [4.69, 9.17) is 0 Å². The fourth-order valence-corrected chi connectivity index (χ4v) is 2.39. The van der Waals surface area contributed by atoms with Gasteiger partial charge in [0, 0.05) is 12.7 Å². The minimum absolute atomic E-state index is 0.846. The van der Waals surface area contributed by atoms with Crippen LogP contribution in [0.15, 0.2) is 22.8 Å². The fraction of sp³-hybridized carbons (Fsp3) is 0.545. The molecule has 1 aliphatic rings. The number of halogens is 1. The quantitative estimate of drug-likeness (QED) is 0.896. The molecule has 1 fully saturated rings. The van der Waals surface area contributed by atoms with Gasteiger partial charge in [0.2, 0.25) is 0 Å². The van der Waals surface area contributed by atoms with Crippen molar-refractivity contribution in [2.45, 2.75) is 19.8 Å². The summed E-state index contributed by atoms with van der Waals surface area (Å²) in [5, 5.41) is 3.38. The second kappa shape index (κ2) is 4.30. The molecule has 1 aromatic heterocycles. The zero-order valence-corrected chi connectivity index (χ0v) is 9.92. The van der Waals surface area contributed by atoms with Gasteiger partial charge in [0.25, 0.3) is 0 Å². The van der Waals surface area contributed by atoms with Crippen LogP contribution in [0.2, 0.25) is 0 Å². The van der Waals surface area contributed by atoms with E-state index in [1.165, 1.54) is 12.8 Å². The predicted octanol–water partition coefficient (Wildman–Crippen LogP) is 3.30. The summed E-state index contributed by atoms with van der Waals surface area (Å²) in [5.41, 5.74) is 0. The van der Waals surface area contributed by atoms with E-state index >= 15 is 0 Å². The summed E-state index contributed by atoms with van der Waals surface area (Å²) in [7, 11) is 0. The zero-order chi connectivity index (χ0) is 9.97. The summed E-state index contributed by atoms with van der Waals surface area (Å²) >= 11 is 3.47. The molecule has 0 aliphatic heterocycles. The summed E-state index contributed by atoms with van der Waals surface area (Å²) in [4.78, 5) is 4.27. The van der Waals surface area contributed by atoms with Crippen LogP contribution in [0.25, 0.3) is 0 Å². The summed E-state index contributed by atoms with van der Waals surface area (Å²) in [6.07, 6.45) is 4.53. The fourth-order valence-electron chi connectivity index (χ4n) is 1.99. The minimum atomic E-state index is 0.846. The average molecular weight is 255 g/mol. The van der Waals surface area contributed by atoms with Crippen molar-refractivity contribution in [3.63, 3.8) is 0 Å². The monoisotopic (exact) mass is 254 g/mol. The Morgan fingerprint density at radius 2 is 2.36 bits per heavy atom. The van der Waals surface area contributed by atoms with Gasteiger partial charge in [0.15, 0.2) is 0 Å². The molecule has 1 aromatic rings. The first-order chi connectivity index (χ1) is 6.75. The van der Waals surface area contributed by atoms with Gasteiger partial charge in [-0.2, -0.15) is 0 Å². The van der Waals surface area contributed by atoms with Gasteiger partial charge < -0.3 is 5.32 Å². The van der Waals surface area contributed by atoms with Crippen molar-refractivity contribution in [2.75, 3.05) is 11.9 Å². The van der Waals surface area contributed by atoms with Crippen LogP contribution in [-0.2, 0) is 0 Å². The lowest BCUT2D eigenvalue weighted by Gasteiger charge is -2.32. The van der Waals surface area contributed by atoms with Gasteiger partial charge in [-0.3, -0.25) is 0 Å². The molecule has 3 heteroatoms. The van der Waals surface area contributed by atoms with E-state index in [0.717, 1.165) is 28.7 Å². The van der Waals surface area contributed by atoms with Crippen LogP contribution in [0.1, 0.15) is 19.8 Å². The second-order valence-electron chi connectivity index (χ2n) is 4.16. The SMILES string of the molecule is CC1CC(CNc2ncccc2Br)C1. The molecule has 1 N–H and O–H groups in total. The smallest absolute Gasteiger partial charge is 0.140 e. The molecule has 0 radical (unpaired) electrons. The van der Waals surface area contributed by atoms with Crippen LogP contribution in [0.3, 0.4) is 0 Å². The Balaban J connectivity index is 1.83. The highest BCUT2D eigenvalue weighted by atomic mass is 79.9. The van der Waals surface area contributed by atoms with Gasteiger partial charge in [-0.25, -0.2) is 4.98 Å². The third-order valence-electron chi connectivity index (χ3n) is 2.79. The van der Waals surface area contributed by atoms with E-state index in [2.05, 4.69) is 33.2 Å². The maximum absolute atomic E-state index is 4.27. The number of nitrogens with zero attached hydrogens (tertiary/aromatic N) is 1. The highest BCUT2D eigenvalue weighted by molar-refractivity contribution is 9.10. The highest BCUT2D eigenvalue weighted by Gasteiger charge is 2.24. The molecule has 1 heterocycles. The van der Waals surface area contributed by atoms with Crippen molar-refractivity contribution in [1.82, 2.24) is 4.98 Å². The lowest BCUT2D eigenvalue weighted by molar-refractivity contribution is 0.225. The first-order valence-corrected chi connectivity index (χ1v) is 5.89. The molecule has 0 spiro atoms. The van der Waals surface area contributed by atoms with E-state index in [1.807, 2.05) is 18.3 Å². The maximum Gasteiger partial charge on any atom is 0.140 e. The van der Waals surface area contributed by atoms with E-state index in [-0.39, 0.29) is 0 Å². The van der Waals surface area contributed by atoms with Crippen LogP contribution >= 0.6 is 15.9 Å². The van der Waals surface area contributed by atoms with Crippen LogP contribution in [0.4, 0.5) is 5.82 Å². The Labute approximate surface area is 93.3 Å². The number of hydrogen-bond donors (Lipinski definition) is 1. The van der Waals surface area contributed by atoms with Crippen LogP contribution in [0, 0.1) is 11.8 Å². The van der Waals surface area contributed by atoms with Crippen molar-refractivity contribution in [3.05, 3.63) is 22.8 Å². The molecule has 0 saturated heterocycles. The Hall–Kier alpha value is -0.570. The van der Waals surface area contributed by atoms with Gasteiger partial charge >= 0.3 is 0 Å². The summed E-state index contributed by atoms with van der Waals surface area (Å²) < 4.78 is 1.05. The Kier molecular flexibility index (Phi) is 3.06. The predicted molar refractivity (Wildman–Crippen MR) is 62.3 cm³/mol. The first-order valence-electron chi connectivity index (χ1n) is 5.10. The molecule has 0 aromatic carbocycles. The van der Waals surface area contributed by atoms with Crippen LogP contribution in [0.5, 0.6) is 0 Å². The van der Waals surface area contributed by atoms with Gasteiger partial charge in [-0.1, -0.05) is 6.92 Å². The van der Waals surface area contributed by atoms with Crippen molar-refractivity contribution < 1.29 is 0 Å². The van der Waals surface area contributed by atoms with Crippen LogP contribution in [-0.4, -0.2) is 11.5 Å². The third kappa shape index (κ3) is 2.27. The van der Waals surface area contributed by atoms with Gasteiger partial charge in [-0.05, 0) is 52.7 Å². The molecule has 0 amide bonds. The van der Waals surface area contributed by atoms with Gasteiger partial charge in [0.05, 0.1) is 4.47 Å². The number of aromatic nitrogens is 1. The van der Waals surface area contributed by atoms with E-state index in [1.54, 1.807) is 0 Å². The highest BCUT2D eigenvalue weighted by Crippen LogP contribution is 2.33. The standard InChI is InChI=1S/C11H15BrN2/c1-8-5-9(6-8)7-14-11-10(12)3-2-4-13-11/h2-4,8-9H,5-7H2,1H3,(H,13,14). The zero-order valence-electron chi connectivity index (χ0n) is 8.33. The first kappa shape index (κ1) is 9.97. The molecule has 1 saturated carbocycles. The van der Waals surface area contributed by atoms with Crippen molar-refractivity contribution in [1.29, 1.82) is 0 Å². The molecule has 2 rings (SSSR count). The largest absolute Gasteiger partial charge is 0.369 e. The molecule has 76 valence electrons. The summed E-state index contributed by atoms with van der Waals surface area (Å²) in [5.74, 6) is 2.74. The Morgan fingerprint density at radius 3 is 3.00 bits per heavy atom. The lowest BCUT2D eigenvalue weighted by Crippen LogP contribution is -2.27. The number of rotatable bonds is 3. The maximum atomic E-state index is 4.27. The third-order valence-corrected chi connectivity index (χ3v) is 3.43. The number of hydrogen-bond acceptors (Lipinski definition) is 2. The van der Waals surface area contributed by atoms with Gasteiger partial charge in [0.1, 0.15) is 5.82 Å². The number of anilines is 1. The van der Waals surface area contributed by atoms with Crippen molar-refractivity contribution >= 4 is 21.7 Å². The molecule has 0 unspecified atom stereocenters. The molecule has 2 nitrogen and oxygen atoms in total. The lowest BCUT2D eigenvalue weighted by atomic mass is 9.76. The molecular formula is C11H15BrN2. The topological polar surface area (TPSA) is 24.9 Å². The van der Waals surface area contributed by atoms with Crippen molar-refractivity contribution in [2.24, 2.45) is 11.8 Å². The minimum Gasteiger partial charge on any atom is -0.369 e. The number of nitrogens with one attached hydrogen (secondary N) is 1. The molecule has 1 aliphatic carbocycles. The normalized spacial score (nSPS) is 25.6. The number of pyridine rings is 1. The second-order valence-corrected chi connectivity index (χ2v) is 5.01. The van der Waals surface area contributed by atoms with Gasteiger partial charge in [-0.15, -0.1) is 0 Å².